The Hall–Kier alpha value is -3.24. The lowest BCUT2D eigenvalue weighted by molar-refractivity contribution is -0.687. The summed E-state index contributed by atoms with van der Waals surface area (Å²) in [6.45, 7) is 2.29. The molecule has 2 aliphatic carbocycles. The summed E-state index contributed by atoms with van der Waals surface area (Å²) in [5.74, 6) is -0.525. The molecule has 4 N–H and O–H groups in total. The summed E-state index contributed by atoms with van der Waals surface area (Å²) in [4.78, 5) is 41.0. The summed E-state index contributed by atoms with van der Waals surface area (Å²) < 4.78 is 5.28. The van der Waals surface area contributed by atoms with Gasteiger partial charge >= 0.3 is 5.97 Å². The van der Waals surface area contributed by atoms with Gasteiger partial charge in [0.1, 0.15) is 11.0 Å². The fraction of sp³-hybridized carbons (Fsp3) is 0.440. The molecule has 1 atom stereocenters. The summed E-state index contributed by atoms with van der Waals surface area (Å²) in [6.07, 6.45) is 6.62. The van der Waals surface area contributed by atoms with Gasteiger partial charge in [-0.2, -0.15) is 0 Å². The number of fused-ring (bicyclic) bond motifs is 4. The van der Waals surface area contributed by atoms with Crippen LogP contribution < -0.4 is 10.6 Å². The van der Waals surface area contributed by atoms with Gasteiger partial charge in [0.05, 0.1) is 22.8 Å². The van der Waals surface area contributed by atoms with E-state index in [0.29, 0.717) is 17.2 Å². The van der Waals surface area contributed by atoms with E-state index in [4.69, 9.17) is 4.74 Å². The molecule has 0 fully saturated rings. The van der Waals surface area contributed by atoms with Gasteiger partial charge < -0.3 is 20.4 Å². The molecule has 0 spiro atoms. The van der Waals surface area contributed by atoms with Crippen LogP contribution in [0.4, 0.5) is 10.7 Å². The first-order valence-electron chi connectivity index (χ1n) is 12.2. The van der Waals surface area contributed by atoms with Crippen molar-refractivity contribution in [2.75, 3.05) is 18.5 Å². The molecular weight excluding hydrogens is 468 g/mol. The number of nitro benzene ring substituents is 1. The lowest BCUT2D eigenvalue weighted by atomic mass is 9.91. The number of rotatable bonds is 7. The quantitative estimate of drug-likeness (QED) is 0.260. The van der Waals surface area contributed by atoms with E-state index in [1.54, 1.807) is 19.1 Å². The van der Waals surface area contributed by atoms with Crippen LogP contribution in [0.1, 0.15) is 70.7 Å². The number of nitrogens with zero attached hydrogens (tertiary/aromatic N) is 1. The molecule has 35 heavy (non-hydrogen) atoms. The van der Waals surface area contributed by atoms with E-state index in [9.17, 15) is 19.7 Å². The minimum absolute atomic E-state index is 0.0667. The number of nitrogens with two attached hydrogens (primary N) is 1. The van der Waals surface area contributed by atoms with Crippen LogP contribution in [-0.2, 0) is 28.8 Å². The molecule has 2 aromatic heterocycles. The first kappa shape index (κ1) is 23.5. The first-order chi connectivity index (χ1) is 17.0. The van der Waals surface area contributed by atoms with E-state index in [-0.39, 0.29) is 35.1 Å². The summed E-state index contributed by atoms with van der Waals surface area (Å²) in [5.41, 5.74) is 4.67. The van der Waals surface area contributed by atoms with Crippen molar-refractivity contribution in [3.8, 4) is 0 Å². The fourth-order valence-corrected chi connectivity index (χ4v) is 6.63. The maximum absolute atomic E-state index is 12.9. The van der Waals surface area contributed by atoms with Crippen molar-refractivity contribution < 1.29 is 24.6 Å². The highest BCUT2D eigenvalue weighted by Crippen LogP contribution is 2.39. The number of nitrogens with one attached hydrogen (secondary N) is 2. The van der Waals surface area contributed by atoms with Crippen LogP contribution in [0.25, 0.3) is 10.9 Å². The second-order valence-corrected chi connectivity index (χ2v) is 10.2. The van der Waals surface area contributed by atoms with Gasteiger partial charge in [0.15, 0.2) is 6.54 Å². The number of nitro groups is 1. The number of hydrogen-bond donors (Lipinski definition) is 3. The highest BCUT2D eigenvalue weighted by atomic mass is 32.1. The average molecular weight is 498 g/mol. The Morgan fingerprint density at radius 2 is 2.03 bits per heavy atom. The number of carbonyl (C=O) groups excluding carboxylic acids is 2. The topological polar surface area (TPSA) is 131 Å². The van der Waals surface area contributed by atoms with Gasteiger partial charge in [-0.15, -0.1) is 11.3 Å². The zero-order valence-corrected chi connectivity index (χ0v) is 20.5. The van der Waals surface area contributed by atoms with Crippen molar-refractivity contribution in [1.29, 1.82) is 0 Å². The number of aromatic amines is 1. The van der Waals surface area contributed by atoms with Crippen molar-refractivity contribution in [3.05, 3.63) is 55.6 Å². The number of esters is 1. The fourth-order valence-electron chi connectivity index (χ4n) is 5.33. The number of benzene rings is 1. The molecule has 184 valence electrons. The molecule has 5 rings (SSSR count). The largest absolute Gasteiger partial charge is 0.462 e. The molecule has 0 saturated heterocycles. The Labute approximate surface area is 206 Å². The second-order valence-electron chi connectivity index (χ2n) is 9.13. The number of thiophene rings is 1. The standard InChI is InChI=1S/C25H28N4O5S/c1-2-34-25(31)22-16-6-3-4-9-20(16)35-24(22)28-21(30)13-26-19-8-5-7-15-17-12-14(29(32)33)10-11-18(17)27-23(15)19/h10-12,19,26-27H,2-9,13H2,1H3,(H,28,30)/p+1/t19-/m1/s1. The molecular formula is C25H29N4O5S+. The molecule has 0 unspecified atom stereocenters. The smallest absolute Gasteiger partial charge is 0.341 e. The maximum atomic E-state index is 12.9. The third kappa shape index (κ3) is 4.55. The number of amides is 1. The van der Waals surface area contributed by atoms with Gasteiger partial charge in [0.2, 0.25) is 0 Å². The molecule has 3 aromatic rings. The van der Waals surface area contributed by atoms with Gasteiger partial charge in [-0.3, -0.25) is 14.9 Å². The summed E-state index contributed by atoms with van der Waals surface area (Å²) in [5, 5.41) is 17.7. The van der Waals surface area contributed by atoms with Crippen LogP contribution in [0.5, 0.6) is 0 Å². The number of ether oxygens (including phenoxy) is 1. The van der Waals surface area contributed by atoms with E-state index < -0.39 is 0 Å². The Balaban J connectivity index is 1.31. The van der Waals surface area contributed by atoms with Crippen molar-refractivity contribution >= 4 is 44.8 Å². The van der Waals surface area contributed by atoms with Gasteiger partial charge in [-0.05, 0) is 62.6 Å². The highest BCUT2D eigenvalue weighted by molar-refractivity contribution is 7.17. The Morgan fingerprint density at radius 1 is 1.23 bits per heavy atom. The number of H-pyrrole nitrogens is 1. The van der Waals surface area contributed by atoms with Crippen LogP contribution >= 0.6 is 11.3 Å². The van der Waals surface area contributed by atoms with E-state index in [2.05, 4.69) is 10.3 Å². The molecule has 0 saturated carbocycles. The Morgan fingerprint density at radius 3 is 2.83 bits per heavy atom. The minimum Gasteiger partial charge on any atom is -0.462 e. The predicted molar refractivity (Wildman–Crippen MR) is 133 cm³/mol. The van der Waals surface area contributed by atoms with Crippen LogP contribution in [0.15, 0.2) is 18.2 Å². The molecule has 2 heterocycles. The number of hydrogen-bond acceptors (Lipinski definition) is 6. The Bertz CT molecular complexity index is 1310. The summed E-state index contributed by atoms with van der Waals surface area (Å²) in [7, 11) is 0. The van der Waals surface area contributed by atoms with Crippen molar-refractivity contribution in [2.24, 2.45) is 0 Å². The molecule has 9 nitrogen and oxygen atoms in total. The van der Waals surface area contributed by atoms with Gasteiger partial charge in [-0.25, -0.2) is 4.79 Å². The zero-order chi connectivity index (χ0) is 24.5. The van der Waals surface area contributed by atoms with E-state index in [0.717, 1.165) is 72.7 Å². The average Bonchev–Trinajstić information content (AvgIpc) is 3.40. The predicted octanol–water partition coefficient (Wildman–Crippen LogP) is 3.77. The van der Waals surface area contributed by atoms with Gasteiger partial charge in [0, 0.05) is 34.3 Å². The summed E-state index contributed by atoms with van der Waals surface area (Å²) in [6, 6.07) is 4.97. The monoisotopic (exact) mass is 497 g/mol. The van der Waals surface area contributed by atoms with Crippen LogP contribution in [0.3, 0.4) is 0 Å². The third-order valence-corrected chi connectivity index (χ3v) is 8.15. The molecule has 2 aliphatic rings. The molecule has 10 heteroatoms. The van der Waals surface area contributed by atoms with Gasteiger partial charge in [-0.1, -0.05) is 0 Å². The molecule has 1 amide bonds. The second kappa shape index (κ2) is 9.79. The van der Waals surface area contributed by atoms with Crippen molar-refractivity contribution in [3.63, 3.8) is 0 Å². The van der Waals surface area contributed by atoms with E-state index in [1.807, 2.05) is 5.32 Å². The number of non-ortho nitro benzene ring substituents is 1. The normalized spacial score (nSPS) is 17.0. The first-order valence-corrected chi connectivity index (χ1v) is 13.0. The van der Waals surface area contributed by atoms with Crippen LogP contribution in [-0.4, -0.2) is 34.9 Å². The Kier molecular flexibility index (Phi) is 6.57. The number of aryl methyl sites for hydroxylation is 2. The lowest BCUT2D eigenvalue weighted by Gasteiger charge is -2.20. The van der Waals surface area contributed by atoms with Crippen LogP contribution in [0.2, 0.25) is 0 Å². The maximum Gasteiger partial charge on any atom is 0.341 e. The molecule has 0 aliphatic heterocycles. The SMILES string of the molecule is CCOC(=O)c1c(NC(=O)C[NH2+][C@@H]2CCCc3c2[nH]c2ccc([N+](=O)[O-])cc32)sc2c1CCCC2. The lowest BCUT2D eigenvalue weighted by Crippen LogP contribution is -2.87. The number of quaternary nitrogens is 1. The van der Waals surface area contributed by atoms with Crippen molar-refractivity contribution in [2.45, 2.75) is 57.9 Å². The van der Waals surface area contributed by atoms with Gasteiger partial charge in [0.25, 0.3) is 11.6 Å². The minimum atomic E-state index is -0.372. The highest BCUT2D eigenvalue weighted by Gasteiger charge is 2.30. The molecule has 0 radical (unpaired) electrons. The van der Waals surface area contributed by atoms with Crippen LogP contribution in [0, 0.1) is 10.1 Å². The third-order valence-electron chi connectivity index (χ3n) is 6.94. The zero-order valence-electron chi connectivity index (χ0n) is 19.6. The molecule has 1 aromatic carbocycles. The summed E-state index contributed by atoms with van der Waals surface area (Å²) >= 11 is 1.49. The molecule has 0 bridgehead atoms. The number of anilines is 1. The van der Waals surface area contributed by atoms with E-state index >= 15 is 0 Å². The van der Waals surface area contributed by atoms with Crippen molar-refractivity contribution in [1.82, 2.24) is 4.98 Å². The number of aromatic nitrogens is 1. The van der Waals surface area contributed by atoms with E-state index in [1.165, 1.54) is 22.3 Å². The number of carbonyl (C=O) groups is 2.